The Morgan fingerprint density at radius 3 is 2.65 bits per heavy atom. The second kappa shape index (κ2) is 6.01. The monoisotopic (exact) mass is 401 g/mol. The van der Waals surface area contributed by atoms with E-state index in [-0.39, 0.29) is 17.2 Å². The Morgan fingerprint density at radius 2 is 2.05 bits per heavy atom. The van der Waals surface area contributed by atoms with E-state index in [9.17, 15) is 9.90 Å². The first-order valence-electron chi connectivity index (χ1n) is 5.87. The zero-order chi connectivity index (χ0) is 14.9. The fourth-order valence-corrected chi connectivity index (χ4v) is 3.04. The van der Waals surface area contributed by atoms with Crippen LogP contribution in [0.25, 0.3) is 0 Å². The van der Waals surface area contributed by atoms with E-state index in [4.69, 9.17) is 4.42 Å². The molecule has 106 valence electrons. The van der Waals surface area contributed by atoms with Gasteiger partial charge in [-0.25, -0.2) is 0 Å². The Bertz CT molecular complexity index is 652. The molecule has 0 bridgehead atoms. The van der Waals surface area contributed by atoms with Crippen LogP contribution in [-0.2, 0) is 6.54 Å². The first-order chi connectivity index (χ1) is 9.38. The number of benzene rings is 1. The van der Waals surface area contributed by atoms with Crippen LogP contribution in [0.1, 0.15) is 21.9 Å². The van der Waals surface area contributed by atoms with Crippen LogP contribution in [0.4, 0.5) is 0 Å². The van der Waals surface area contributed by atoms with Crippen molar-refractivity contribution >= 4 is 37.8 Å². The van der Waals surface area contributed by atoms with Crippen LogP contribution in [-0.4, -0.2) is 23.0 Å². The van der Waals surface area contributed by atoms with Gasteiger partial charge in [-0.15, -0.1) is 0 Å². The molecule has 0 radical (unpaired) electrons. The molecule has 0 aliphatic rings. The SMILES string of the molecule is Cc1ccc(CN(C)C(=O)c2cc(Br)cc(Br)c2O)o1. The number of nitrogens with zero attached hydrogens (tertiary/aromatic N) is 1. The molecule has 0 aliphatic heterocycles. The number of amides is 1. The van der Waals surface area contributed by atoms with Gasteiger partial charge >= 0.3 is 0 Å². The number of phenols is 1. The van der Waals surface area contributed by atoms with Crippen LogP contribution in [0.15, 0.2) is 37.6 Å². The molecule has 0 fully saturated rings. The third-order valence-electron chi connectivity index (χ3n) is 2.79. The van der Waals surface area contributed by atoms with E-state index in [1.54, 1.807) is 19.2 Å². The number of carbonyl (C=O) groups excluding carboxylic acids is 1. The quantitative estimate of drug-likeness (QED) is 0.841. The molecule has 0 atom stereocenters. The van der Waals surface area contributed by atoms with Gasteiger partial charge in [0.1, 0.15) is 17.3 Å². The number of aromatic hydroxyl groups is 1. The van der Waals surface area contributed by atoms with E-state index >= 15 is 0 Å². The molecule has 1 aromatic carbocycles. The number of phenolic OH excluding ortho intramolecular Hbond substituents is 1. The molecule has 2 rings (SSSR count). The second-order valence-corrected chi connectivity index (χ2v) is 6.23. The lowest BCUT2D eigenvalue weighted by atomic mass is 10.2. The smallest absolute Gasteiger partial charge is 0.257 e. The van der Waals surface area contributed by atoms with Crippen molar-refractivity contribution in [3.8, 4) is 5.75 Å². The van der Waals surface area contributed by atoms with Gasteiger partial charge in [0.25, 0.3) is 5.91 Å². The minimum absolute atomic E-state index is 0.0688. The van der Waals surface area contributed by atoms with E-state index in [1.165, 1.54) is 4.90 Å². The third kappa shape index (κ3) is 3.24. The van der Waals surface area contributed by atoms with E-state index < -0.39 is 0 Å². The first kappa shape index (κ1) is 15.1. The molecule has 1 amide bonds. The van der Waals surface area contributed by atoms with Gasteiger partial charge in [0.15, 0.2) is 0 Å². The maximum Gasteiger partial charge on any atom is 0.257 e. The molecule has 2 aromatic rings. The Labute approximate surface area is 133 Å². The third-order valence-corrected chi connectivity index (χ3v) is 3.86. The van der Waals surface area contributed by atoms with Crippen molar-refractivity contribution in [2.75, 3.05) is 7.05 Å². The Morgan fingerprint density at radius 1 is 1.35 bits per heavy atom. The molecule has 0 saturated heterocycles. The predicted molar refractivity (Wildman–Crippen MR) is 82.7 cm³/mol. The van der Waals surface area contributed by atoms with Crippen LogP contribution in [0.2, 0.25) is 0 Å². The number of hydrogen-bond acceptors (Lipinski definition) is 3. The molecular weight excluding hydrogens is 390 g/mol. The summed E-state index contributed by atoms with van der Waals surface area (Å²) in [5.41, 5.74) is 0.233. The van der Waals surface area contributed by atoms with E-state index in [2.05, 4.69) is 31.9 Å². The number of furan rings is 1. The van der Waals surface area contributed by atoms with Crippen molar-refractivity contribution in [3.63, 3.8) is 0 Å². The maximum absolute atomic E-state index is 12.4. The summed E-state index contributed by atoms with van der Waals surface area (Å²) >= 11 is 6.52. The molecule has 0 aliphatic carbocycles. The molecular formula is C14H13Br2NO3. The van der Waals surface area contributed by atoms with E-state index in [1.807, 2.05) is 19.1 Å². The lowest BCUT2D eigenvalue weighted by Gasteiger charge is -2.17. The van der Waals surface area contributed by atoms with E-state index in [0.717, 1.165) is 5.76 Å². The van der Waals surface area contributed by atoms with Crippen molar-refractivity contribution in [1.29, 1.82) is 0 Å². The highest BCUT2D eigenvalue weighted by Crippen LogP contribution is 2.32. The van der Waals surface area contributed by atoms with Crippen LogP contribution < -0.4 is 0 Å². The standard InChI is InChI=1S/C14H13Br2NO3/c1-8-3-4-10(20-8)7-17(2)14(19)11-5-9(15)6-12(16)13(11)18/h3-6,18H,7H2,1-2H3. The van der Waals surface area contributed by atoms with Gasteiger partial charge in [0.2, 0.25) is 0 Å². The van der Waals surface area contributed by atoms with Crippen LogP contribution in [0.3, 0.4) is 0 Å². The largest absolute Gasteiger partial charge is 0.506 e. The van der Waals surface area contributed by atoms with Crippen LogP contribution >= 0.6 is 31.9 Å². The van der Waals surface area contributed by atoms with Gasteiger partial charge in [-0.05, 0) is 47.1 Å². The number of rotatable bonds is 3. The van der Waals surface area contributed by atoms with Gasteiger partial charge < -0.3 is 14.4 Å². The summed E-state index contributed by atoms with van der Waals surface area (Å²) in [5, 5.41) is 9.97. The lowest BCUT2D eigenvalue weighted by molar-refractivity contribution is 0.0771. The Kier molecular flexibility index (Phi) is 4.55. The van der Waals surface area contributed by atoms with Crippen molar-refractivity contribution in [2.45, 2.75) is 13.5 Å². The molecule has 0 spiro atoms. The number of aryl methyl sites for hydroxylation is 1. The fourth-order valence-electron chi connectivity index (χ4n) is 1.81. The Balaban J connectivity index is 2.22. The summed E-state index contributed by atoms with van der Waals surface area (Å²) in [6.07, 6.45) is 0. The molecule has 0 saturated carbocycles. The van der Waals surface area contributed by atoms with Gasteiger partial charge in [-0.3, -0.25) is 4.79 Å². The first-order valence-corrected chi connectivity index (χ1v) is 7.46. The van der Waals surface area contributed by atoms with Crippen LogP contribution in [0.5, 0.6) is 5.75 Å². The Hall–Kier alpha value is -1.27. The van der Waals surface area contributed by atoms with Gasteiger partial charge in [-0.1, -0.05) is 15.9 Å². The summed E-state index contributed by atoms with van der Waals surface area (Å²) in [6.45, 7) is 2.19. The number of hydrogen-bond donors (Lipinski definition) is 1. The molecule has 1 N–H and O–H groups in total. The lowest BCUT2D eigenvalue weighted by Crippen LogP contribution is -2.26. The van der Waals surface area contributed by atoms with Crippen molar-refractivity contribution in [3.05, 3.63) is 50.3 Å². The van der Waals surface area contributed by atoms with Gasteiger partial charge in [-0.2, -0.15) is 0 Å². The zero-order valence-corrected chi connectivity index (χ0v) is 14.2. The normalized spacial score (nSPS) is 10.6. The molecule has 1 heterocycles. The van der Waals surface area contributed by atoms with Crippen molar-refractivity contribution in [1.82, 2.24) is 4.90 Å². The predicted octanol–water partition coefficient (Wildman–Crippen LogP) is 4.09. The average molecular weight is 403 g/mol. The molecule has 0 unspecified atom stereocenters. The molecule has 6 heteroatoms. The number of halogens is 2. The van der Waals surface area contributed by atoms with Gasteiger partial charge in [0, 0.05) is 11.5 Å². The summed E-state index contributed by atoms with van der Waals surface area (Å²) in [5.74, 6) is 1.15. The average Bonchev–Trinajstić information content (AvgIpc) is 2.78. The minimum Gasteiger partial charge on any atom is -0.506 e. The fraction of sp³-hybridized carbons (Fsp3) is 0.214. The van der Waals surface area contributed by atoms with Crippen LogP contribution in [0, 0.1) is 6.92 Å². The summed E-state index contributed by atoms with van der Waals surface area (Å²) in [6, 6.07) is 6.95. The highest BCUT2D eigenvalue weighted by atomic mass is 79.9. The maximum atomic E-state index is 12.4. The second-order valence-electron chi connectivity index (χ2n) is 4.46. The summed E-state index contributed by atoms with van der Waals surface area (Å²) in [4.78, 5) is 13.9. The summed E-state index contributed by atoms with van der Waals surface area (Å²) < 4.78 is 6.63. The van der Waals surface area contributed by atoms with Gasteiger partial charge in [0.05, 0.1) is 16.6 Å². The zero-order valence-electron chi connectivity index (χ0n) is 11.0. The highest BCUT2D eigenvalue weighted by Gasteiger charge is 2.19. The van der Waals surface area contributed by atoms with Crippen molar-refractivity contribution in [2.24, 2.45) is 0 Å². The highest BCUT2D eigenvalue weighted by molar-refractivity contribution is 9.11. The number of carbonyl (C=O) groups is 1. The minimum atomic E-state index is -0.279. The van der Waals surface area contributed by atoms with E-state index in [0.29, 0.717) is 21.3 Å². The summed E-state index contributed by atoms with van der Waals surface area (Å²) in [7, 11) is 1.66. The topological polar surface area (TPSA) is 53.7 Å². The molecule has 20 heavy (non-hydrogen) atoms. The molecule has 1 aromatic heterocycles. The molecule has 4 nitrogen and oxygen atoms in total. The van der Waals surface area contributed by atoms with Crippen molar-refractivity contribution < 1.29 is 14.3 Å².